The molecule has 90 valence electrons. The fourth-order valence-electron chi connectivity index (χ4n) is 1.87. The molecule has 2 aromatic rings. The van der Waals surface area contributed by atoms with Crippen LogP contribution in [0.1, 0.15) is 30.0 Å². The molecule has 0 saturated carbocycles. The molecule has 17 heavy (non-hydrogen) atoms. The van der Waals surface area contributed by atoms with Gasteiger partial charge in [0.2, 0.25) is 0 Å². The van der Waals surface area contributed by atoms with Gasteiger partial charge in [-0.1, -0.05) is 13.0 Å². The molecule has 0 aliphatic heterocycles. The van der Waals surface area contributed by atoms with Crippen LogP contribution >= 0.6 is 0 Å². The summed E-state index contributed by atoms with van der Waals surface area (Å²) < 4.78 is 5.78. The van der Waals surface area contributed by atoms with Gasteiger partial charge in [-0.2, -0.15) is 0 Å². The van der Waals surface area contributed by atoms with E-state index in [1.165, 1.54) is 5.56 Å². The van der Waals surface area contributed by atoms with Crippen LogP contribution in [0.2, 0.25) is 0 Å². The average Bonchev–Trinajstić information content (AvgIpc) is 2.86. The largest absolute Gasteiger partial charge is 0.464 e. The molecule has 0 amide bonds. The minimum Gasteiger partial charge on any atom is -0.464 e. The van der Waals surface area contributed by atoms with Gasteiger partial charge in [0.25, 0.3) is 0 Å². The Morgan fingerprint density at radius 3 is 2.82 bits per heavy atom. The summed E-state index contributed by atoms with van der Waals surface area (Å²) in [6.45, 7) is 2.10. The molecule has 3 nitrogen and oxygen atoms in total. The van der Waals surface area contributed by atoms with Crippen LogP contribution in [0.4, 0.5) is 0 Å². The lowest BCUT2D eigenvalue weighted by Gasteiger charge is -2.13. The van der Waals surface area contributed by atoms with Crippen molar-refractivity contribution in [1.29, 1.82) is 0 Å². The molecule has 1 unspecified atom stereocenters. The third-order valence-corrected chi connectivity index (χ3v) is 2.89. The molecule has 0 bridgehead atoms. The lowest BCUT2D eigenvalue weighted by atomic mass is 10.1. The second kappa shape index (κ2) is 5.64. The van der Waals surface area contributed by atoms with E-state index in [-0.39, 0.29) is 6.04 Å². The zero-order chi connectivity index (χ0) is 12.1. The molecule has 0 aromatic carbocycles. The van der Waals surface area contributed by atoms with E-state index in [9.17, 15) is 0 Å². The molecule has 3 heteroatoms. The Bertz CT molecular complexity index is 450. The van der Waals surface area contributed by atoms with Crippen LogP contribution in [0.15, 0.2) is 41.1 Å². The first-order chi connectivity index (χ1) is 8.33. The van der Waals surface area contributed by atoms with Crippen molar-refractivity contribution in [3.63, 3.8) is 0 Å². The SMILES string of the molecule is CCc1ccc(C(Cc2cccnc2)NC)o1. The summed E-state index contributed by atoms with van der Waals surface area (Å²) in [6, 6.07) is 8.35. The van der Waals surface area contributed by atoms with Crippen LogP contribution in [0.3, 0.4) is 0 Å². The molecule has 0 aliphatic rings. The smallest absolute Gasteiger partial charge is 0.121 e. The van der Waals surface area contributed by atoms with Gasteiger partial charge in [0, 0.05) is 18.8 Å². The summed E-state index contributed by atoms with van der Waals surface area (Å²) >= 11 is 0. The van der Waals surface area contributed by atoms with Crippen molar-refractivity contribution in [1.82, 2.24) is 10.3 Å². The van der Waals surface area contributed by atoms with Gasteiger partial charge in [-0.15, -0.1) is 0 Å². The number of hydrogen-bond acceptors (Lipinski definition) is 3. The van der Waals surface area contributed by atoms with Crippen molar-refractivity contribution < 1.29 is 4.42 Å². The summed E-state index contributed by atoms with van der Waals surface area (Å²) in [7, 11) is 1.95. The number of rotatable bonds is 5. The lowest BCUT2D eigenvalue weighted by Crippen LogP contribution is -2.18. The van der Waals surface area contributed by atoms with Crippen molar-refractivity contribution in [3.05, 3.63) is 53.7 Å². The Hall–Kier alpha value is -1.61. The molecule has 0 saturated heterocycles. The highest BCUT2D eigenvalue weighted by Gasteiger charge is 2.14. The van der Waals surface area contributed by atoms with Gasteiger partial charge in [0.05, 0.1) is 6.04 Å². The predicted octanol–water partition coefficient (Wildman–Crippen LogP) is 2.74. The van der Waals surface area contributed by atoms with Crippen LogP contribution in [0, 0.1) is 0 Å². The molecule has 2 heterocycles. The van der Waals surface area contributed by atoms with Crippen LogP contribution in [0.25, 0.3) is 0 Å². The quantitative estimate of drug-likeness (QED) is 0.858. The third-order valence-electron chi connectivity index (χ3n) is 2.89. The molecule has 0 aliphatic carbocycles. The standard InChI is InChI=1S/C14H18N2O/c1-3-12-6-7-14(17-12)13(15-2)9-11-5-4-8-16-10-11/h4-8,10,13,15H,3,9H2,1-2H3. The number of nitrogens with zero attached hydrogens (tertiary/aromatic N) is 1. The van der Waals surface area contributed by atoms with Crippen LogP contribution < -0.4 is 5.32 Å². The Balaban J connectivity index is 2.11. The van der Waals surface area contributed by atoms with Crippen molar-refractivity contribution in [2.75, 3.05) is 7.05 Å². The van der Waals surface area contributed by atoms with E-state index in [0.717, 1.165) is 24.4 Å². The summed E-state index contributed by atoms with van der Waals surface area (Å²) in [5.41, 5.74) is 1.21. The number of aryl methyl sites for hydroxylation is 1. The van der Waals surface area contributed by atoms with E-state index in [0.29, 0.717) is 0 Å². The van der Waals surface area contributed by atoms with Crippen molar-refractivity contribution in [2.24, 2.45) is 0 Å². The van der Waals surface area contributed by atoms with Gasteiger partial charge in [-0.3, -0.25) is 4.98 Å². The average molecular weight is 230 g/mol. The fraction of sp³-hybridized carbons (Fsp3) is 0.357. The Labute approximate surface area is 102 Å². The van der Waals surface area contributed by atoms with Gasteiger partial charge < -0.3 is 9.73 Å². The molecule has 1 N–H and O–H groups in total. The molecule has 2 rings (SSSR count). The van der Waals surface area contributed by atoms with E-state index in [4.69, 9.17) is 4.42 Å². The predicted molar refractivity (Wildman–Crippen MR) is 67.8 cm³/mol. The molecule has 2 aromatic heterocycles. The summed E-state index contributed by atoms with van der Waals surface area (Å²) in [6.07, 6.45) is 5.51. The van der Waals surface area contributed by atoms with Crippen LogP contribution in [-0.2, 0) is 12.8 Å². The first-order valence-corrected chi connectivity index (χ1v) is 5.98. The summed E-state index contributed by atoms with van der Waals surface area (Å²) in [5.74, 6) is 2.03. The van der Waals surface area contributed by atoms with Crippen molar-refractivity contribution in [2.45, 2.75) is 25.8 Å². The van der Waals surface area contributed by atoms with Crippen molar-refractivity contribution >= 4 is 0 Å². The monoisotopic (exact) mass is 230 g/mol. The fourth-order valence-corrected chi connectivity index (χ4v) is 1.87. The maximum atomic E-state index is 5.78. The second-order valence-corrected chi connectivity index (χ2v) is 4.06. The summed E-state index contributed by atoms with van der Waals surface area (Å²) in [4.78, 5) is 4.13. The van der Waals surface area contributed by atoms with E-state index < -0.39 is 0 Å². The topological polar surface area (TPSA) is 38.1 Å². The first-order valence-electron chi connectivity index (χ1n) is 5.98. The highest BCUT2D eigenvalue weighted by molar-refractivity contribution is 5.16. The van der Waals surface area contributed by atoms with E-state index in [1.807, 2.05) is 25.4 Å². The highest BCUT2D eigenvalue weighted by Crippen LogP contribution is 2.20. The number of furan rings is 1. The number of likely N-dealkylation sites (N-methyl/N-ethyl adjacent to an activating group) is 1. The number of hydrogen-bond donors (Lipinski definition) is 1. The maximum absolute atomic E-state index is 5.78. The Morgan fingerprint density at radius 1 is 1.35 bits per heavy atom. The van der Waals surface area contributed by atoms with Gasteiger partial charge in [-0.25, -0.2) is 0 Å². The number of nitrogens with one attached hydrogen (secondary N) is 1. The van der Waals surface area contributed by atoms with Crippen molar-refractivity contribution in [3.8, 4) is 0 Å². The number of pyridine rings is 1. The van der Waals surface area contributed by atoms with E-state index >= 15 is 0 Å². The Kier molecular flexibility index (Phi) is 3.94. The van der Waals surface area contributed by atoms with Gasteiger partial charge in [0.15, 0.2) is 0 Å². The van der Waals surface area contributed by atoms with E-state index in [2.05, 4.69) is 29.4 Å². The normalized spacial score (nSPS) is 12.6. The molecule has 0 radical (unpaired) electrons. The summed E-state index contributed by atoms with van der Waals surface area (Å²) in [5, 5.41) is 3.28. The van der Waals surface area contributed by atoms with Crippen LogP contribution in [0.5, 0.6) is 0 Å². The second-order valence-electron chi connectivity index (χ2n) is 4.06. The highest BCUT2D eigenvalue weighted by atomic mass is 16.3. The van der Waals surface area contributed by atoms with E-state index in [1.54, 1.807) is 6.20 Å². The molecule has 0 spiro atoms. The molecule has 1 atom stereocenters. The van der Waals surface area contributed by atoms with Gasteiger partial charge in [-0.05, 0) is 37.2 Å². The minimum atomic E-state index is 0.208. The minimum absolute atomic E-state index is 0.208. The first kappa shape index (κ1) is 11.9. The number of aromatic nitrogens is 1. The van der Waals surface area contributed by atoms with Crippen LogP contribution in [-0.4, -0.2) is 12.0 Å². The zero-order valence-corrected chi connectivity index (χ0v) is 10.3. The molecular formula is C14H18N2O. The third kappa shape index (κ3) is 2.94. The molecule has 0 fully saturated rings. The molecular weight excluding hydrogens is 212 g/mol. The van der Waals surface area contributed by atoms with Gasteiger partial charge >= 0.3 is 0 Å². The van der Waals surface area contributed by atoms with Gasteiger partial charge in [0.1, 0.15) is 11.5 Å². The maximum Gasteiger partial charge on any atom is 0.121 e. The Morgan fingerprint density at radius 2 is 2.24 bits per heavy atom. The zero-order valence-electron chi connectivity index (χ0n) is 10.3. The lowest BCUT2D eigenvalue weighted by molar-refractivity contribution is 0.407.